The molecule has 130 valence electrons. The third-order valence-corrected chi connectivity index (χ3v) is 4.43. The molecular weight excluding hydrogens is 326 g/mol. The van der Waals surface area contributed by atoms with Crippen LogP contribution >= 0.6 is 0 Å². The van der Waals surface area contributed by atoms with Crippen LogP contribution in [0.3, 0.4) is 0 Å². The molecular formula is C18H17NO6. The smallest absolute Gasteiger partial charge is 0.371 e. The highest BCUT2D eigenvalue weighted by Crippen LogP contribution is 2.49. The molecule has 1 aliphatic carbocycles. The van der Waals surface area contributed by atoms with Crippen LogP contribution in [0.25, 0.3) is 0 Å². The topological polar surface area (TPSA) is 98.0 Å². The molecule has 2 aromatic rings. The van der Waals surface area contributed by atoms with Gasteiger partial charge in [-0.15, -0.1) is 0 Å². The lowest BCUT2D eigenvalue weighted by Gasteiger charge is -2.18. The predicted molar refractivity (Wildman–Crippen MR) is 85.8 cm³/mol. The van der Waals surface area contributed by atoms with Gasteiger partial charge in [-0.1, -0.05) is 6.07 Å². The minimum Gasteiger partial charge on any atom is -0.486 e. The molecule has 0 radical (unpaired) electrons. The maximum Gasteiger partial charge on any atom is 0.371 e. The second-order valence-electron chi connectivity index (χ2n) is 6.14. The molecule has 2 unspecified atom stereocenters. The van der Waals surface area contributed by atoms with E-state index >= 15 is 0 Å². The molecule has 1 amide bonds. The van der Waals surface area contributed by atoms with Crippen molar-refractivity contribution in [3.63, 3.8) is 0 Å². The van der Waals surface area contributed by atoms with E-state index in [-0.39, 0.29) is 30.0 Å². The van der Waals surface area contributed by atoms with Gasteiger partial charge in [-0.3, -0.25) is 4.79 Å². The van der Waals surface area contributed by atoms with Crippen molar-refractivity contribution in [2.75, 3.05) is 13.2 Å². The Balaban J connectivity index is 1.34. The summed E-state index contributed by atoms with van der Waals surface area (Å²) in [6, 6.07) is 8.72. The van der Waals surface area contributed by atoms with E-state index in [1.165, 1.54) is 6.07 Å². The number of carbonyl (C=O) groups excluding carboxylic acids is 1. The Morgan fingerprint density at radius 3 is 2.68 bits per heavy atom. The molecule has 1 aromatic heterocycles. The maximum absolute atomic E-state index is 12.3. The number of aromatic carboxylic acids is 1. The van der Waals surface area contributed by atoms with Gasteiger partial charge in [0.25, 0.3) is 0 Å². The Hall–Kier alpha value is -2.96. The number of furan rings is 1. The van der Waals surface area contributed by atoms with E-state index in [9.17, 15) is 9.59 Å². The second kappa shape index (κ2) is 6.16. The minimum absolute atomic E-state index is 0.0619. The van der Waals surface area contributed by atoms with Crippen LogP contribution in [0.5, 0.6) is 11.5 Å². The van der Waals surface area contributed by atoms with Crippen molar-refractivity contribution in [1.29, 1.82) is 0 Å². The summed E-state index contributed by atoms with van der Waals surface area (Å²) in [5.74, 6) is 0.646. The largest absolute Gasteiger partial charge is 0.486 e. The summed E-state index contributed by atoms with van der Waals surface area (Å²) in [6.07, 6.45) is 0.782. The number of benzene rings is 1. The first kappa shape index (κ1) is 15.6. The normalized spacial score (nSPS) is 20.8. The summed E-state index contributed by atoms with van der Waals surface area (Å²) in [5, 5.41) is 11.6. The lowest BCUT2D eigenvalue weighted by Crippen LogP contribution is -2.24. The van der Waals surface area contributed by atoms with Crippen LogP contribution < -0.4 is 14.8 Å². The number of amides is 1. The fourth-order valence-corrected chi connectivity index (χ4v) is 3.04. The molecule has 2 aliphatic rings. The highest BCUT2D eigenvalue weighted by molar-refractivity contribution is 5.84. The Morgan fingerprint density at radius 2 is 1.92 bits per heavy atom. The van der Waals surface area contributed by atoms with Crippen LogP contribution in [-0.4, -0.2) is 30.2 Å². The highest BCUT2D eigenvalue weighted by Gasteiger charge is 2.44. The molecule has 4 rings (SSSR count). The average Bonchev–Trinajstić information content (AvgIpc) is 3.28. The zero-order chi connectivity index (χ0) is 17.4. The Labute approximate surface area is 143 Å². The Kier molecular flexibility index (Phi) is 3.83. The van der Waals surface area contributed by atoms with Crippen molar-refractivity contribution in [2.45, 2.75) is 18.9 Å². The summed E-state index contributed by atoms with van der Waals surface area (Å²) < 4.78 is 16.2. The molecule has 2 atom stereocenters. The van der Waals surface area contributed by atoms with Crippen molar-refractivity contribution in [3.05, 3.63) is 47.4 Å². The van der Waals surface area contributed by atoms with Gasteiger partial charge in [0.15, 0.2) is 11.5 Å². The zero-order valence-electron chi connectivity index (χ0n) is 13.4. The molecule has 1 aromatic carbocycles. The molecule has 7 nitrogen and oxygen atoms in total. The van der Waals surface area contributed by atoms with Gasteiger partial charge in [-0.2, -0.15) is 0 Å². The molecule has 1 saturated carbocycles. The number of hydrogen-bond acceptors (Lipinski definition) is 5. The summed E-state index contributed by atoms with van der Waals surface area (Å²) in [5.41, 5.74) is 1.07. The summed E-state index contributed by atoms with van der Waals surface area (Å²) in [4.78, 5) is 23.0. The number of carboxylic acid groups (broad SMARTS) is 1. The molecule has 2 heterocycles. The molecule has 1 aliphatic heterocycles. The number of carboxylic acids is 1. The van der Waals surface area contributed by atoms with Gasteiger partial charge in [-0.05, 0) is 42.2 Å². The van der Waals surface area contributed by atoms with Crippen molar-refractivity contribution in [2.24, 2.45) is 5.92 Å². The van der Waals surface area contributed by atoms with E-state index in [0.29, 0.717) is 19.0 Å². The van der Waals surface area contributed by atoms with Gasteiger partial charge in [0, 0.05) is 5.92 Å². The van der Waals surface area contributed by atoms with Crippen LogP contribution in [0.2, 0.25) is 0 Å². The first-order chi connectivity index (χ1) is 12.1. The minimum atomic E-state index is -1.13. The molecule has 7 heteroatoms. The third kappa shape index (κ3) is 3.17. The van der Waals surface area contributed by atoms with Gasteiger partial charge in [0.1, 0.15) is 19.0 Å². The number of ether oxygens (including phenoxy) is 2. The van der Waals surface area contributed by atoms with E-state index in [1.54, 1.807) is 6.07 Å². The van der Waals surface area contributed by atoms with Gasteiger partial charge >= 0.3 is 5.97 Å². The lowest BCUT2D eigenvalue weighted by atomic mass is 10.1. The summed E-state index contributed by atoms with van der Waals surface area (Å²) >= 11 is 0. The van der Waals surface area contributed by atoms with Crippen molar-refractivity contribution < 1.29 is 28.6 Å². The van der Waals surface area contributed by atoms with Crippen LogP contribution in [0.4, 0.5) is 0 Å². The summed E-state index contributed by atoms with van der Waals surface area (Å²) in [6.45, 7) is 1.26. The zero-order valence-corrected chi connectivity index (χ0v) is 13.4. The molecule has 2 N–H and O–H groups in total. The highest BCUT2D eigenvalue weighted by atomic mass is 16.6. The predicted octanol–water partition coefficient (Wildman–Crippen LogP) is 2.17. The average molecular weight is 343 g/mol. The first-order valence-corrected chi connectivity index (χ1v) is 8.11. The molecule has 1 fully saturated rings. The lowest BCUT2D eigenvalue weighted by molar-refractivity contribution is -0.122. The van der Waals surface area contributed by atoms with E-state index in [1.807, 2.05) is 18.2 Å². The van der Waals surface area contributed by atoms with E-state index in [0.717, 1.165) is 23.5 Å². The molecule has 25 heavy (non-hydrogen) atoms. The van der Waals surface area contributed by atoms with Crippen LogP contribution in [-0.2, 0) is 11.3 Å². The number of rotatable bonds is 5. The Morgan fingerprint density at radius 1 is 1.12 bits per heavy atom. The monoisotopic (exact) mass is 343 g/mol. The Bertz CT molecular complexity index is 827. The van der Waals surface area contributed by atoms with Gasteiger partial charge in [0.2, 0.25) is 11.7 Å². The number of carbonyl (C=O) groups is 2. The molecule has 0 bridgehead atoms. The van der Waals surface area contributed by atoms with Crippen molar-refractivity contribution in [3.8, 4) is 11.5 Å². The van der Waals surface area contributed by atoms with Crippen molar-refractivity contribution in [1.82, 2.24) is 5.32 Å². The number of nitrogens with one attached hydrogen (secondary N) is 1. The second-order valence-corrected chi connectivity index (χ2v) is 6.14. The van der Waals surface area contributed by atoms with Crippen LogP contribution in [0.15, 0.2) is 34.7 Å². The third-order valence-electron chi connectivity index (χ3n) is 4.43. The quantitative estimate of drug-likeness (QED) is 0.863. The standard InChI is InChI=1S/C18H17NO6/c20-17(19-9-11-2-4-15(25-11)18(21)22)13-8-12(13)10-1-3-14-16(7-10)24-6-5-23-14/h1-4,7,12-13H,5-6,8-9H2,(H,19,20)(H,21,22). The van der Waals surface area contributed by atoms with Crippen molar-refractivity contribution >= 4 is 11.9 Å². The fourth-order valence-electron chi connectivity index (χ4n) is 3.04. The molecule has 0 saturated heterocycles. The SMILES string of the molecule is O=C(O)c1ccc(CNC(=O)C2CC2c2ccc3c(c2)OCCO3)o1. The first-order valence-electron chi connectivity index (χ1n) is 8.11. The fraction of sp³-hybridized carbons (Fsp3) is 0.333. The maximum atomic E-state index is 12.3. The van der Waals surface area contributed by atoms with Gasteiger partial charge in [-0.25, -0.2) is 4.79 Å². The van der Waals surface area contributed by atoms with Gasteiger partial charge in [0.05, 0.1) is 6.54 Å². The van der Waals surface area contributed by atoms with E-state index < -0.39 is 5.97 Å². The number of fused-ring (bicyclic) bond motifs is 1. The van der Waals surface area contributed by atoms with Crippen LogP contribution in [0, 0.1) is 5.92 Å². The summed E-state index contributed by atoms with van der Waals surface area (Å²) in [7, 11) is 0. The number of hydrogen-bond donors (Lipinski definition) is 2. The van der Waals surface area contributed by atoms with E-state index in [2.05, 4.69) is 5.32 Å². The van der Waals surface area contributed by atoms with E-state index in [4.69, 9.17) is 19.0 Å². The molecule has 0 spiro atoms. The van der Waals surface area contributed by atoms with Gasteiger partial charge < -0.3 is 24.3 Å². The van der Waals surface area contributed by atoms with Crippen LogP contribution in [0.1, 0.15) is 34.2 Å².